The SMILES string of the molecule is O=C(CN1C(=O)NC2(CCc3ccccc3C2)C1=O)NC(=O)NC12CC3CC(CC(C3)C1)C2. The summed E-state index contributed by atoms with van der Waals surface area (Å²) in [6.45, 7) is -0.456. The van der Waals surface area contributed by atoms with Crippen LogP contribution in [0.25, 0.3) is 0 Å². The molecular weight excluding hydrogens is 420 g/mol. The molecule has 1 unspecified atom stereocenters. The van der Waals surface area contributed by atoms with Crippen LogP contribution in [0.2, 0.25) is 0 Å². The standard InChI is InChI=1S/C25H30N4O4/c30-20(26-22(32)27-24-10-15-7-16(11-24)9-17(8-15)12-24)14-29-21(31)25(28-23(29)33)6-5-18-3-1-2-4-19(18)13-25/h1-4,15-17H,5-14H2,(H,28,33)(H2,26,27,30,32). The topological polar surface area (TPSA) is 108 Å². The molecule has 4 bridgehead atoms. The number of fused-ring (bicyclic) bond motifs is 1. The molecule has 174 valence electrons. The molecule has 6 aliphatic rings. The summed E-state index contributed by atoms with van der Waals surface area (Å²) in [6, 6.07) is 6.81. The molecule has 0 radical (unpaired) electrons. The summed E-state index contributed by atoms with van der Waals surface area (Å²) in [4.78, 5) is 52.0. The van der Waals surface area contributed by atoms with Crippen LogP contribution in [0, 0.1) is 17.8 Å². The van der Waals surface area contributed by atoms with E-state index in [2.05, 4.69) is 16.0 Å². The smallest absolute Gasteiger partial charge is 0.325 e. The summed E-state index contributed by atoms with van der Waals surface area (Å²) in [5.41, 5.74) is 1.01. The van der Waals surface area contributed by atoms with Crippen molar-refractivity contribution in [2.45, 2.75) is 68.9 Å². The van der Waals surface area contributed by atoms with Crippen molar-refractivity contribution in [1.29, 1.82) is 0 Å². The van der Waals surface area contributed by atoms with Crippen molar-refractivity contribution in [3.8, 4) is 0 Å². The molecule has 5 fully saturated rings. The number of amides is 6. The molecule has 3 N–H and O–H groups in total. The van der Waals surface area contributed by atoms with Crippen LogP contribution >= 0.6 is 0 Å². The number of hydrogen-bond donors (Lipinski definition) is 3. The van der Waals surface area contributed by atoms with Gasteiger partial charge in [-0.1, -0.05) is 24.3 Å². The molecule has 1 aromatic rings. The summed E-state index contributed by atoms with van der Waals surface area (Å²) in [6.07, 6.45) is 8.35. The van der Waals surface area contributed by atoms with Gasteiger partial charge in [0.1, 0.15) is 12.1 Å². The van der Waals surface area contributed by atoms with Gasteiger partial charge in [-0.2, -0.15) is 0 Å². The Labute approximate surface area is 192 Å². The third kappa shape index (κ3) is 3.50. The van der Waals surface area contributed by atoms with Gasteiger partial charge in [0.2, 0.25) is 5.91 Å². The lowest BCUT2D eigenvalue weighted by Crippen LogP contribution is -2.62. The molecule has 1 spiro atoms. The van der Waals surface area contributed by atoms with E-state index in [-0.39, 0.29) is 5.54 Å². The lowest BCUT2D eigenvalue weighted by Gasteiger charge is -2.56. The molecule has 7 rings (SSSR count). The second kappa shape index (κ2) is 7.30. The first-order valence-corrected chi connectivity index (χ1v) is 12.2. The molecule has 4 saturated carbocycles. The van der Waals surface area contributed by atoms with Crippen LogP contribution in [-0.2, 0) is 22.4 Å². The Morgan fingerprint density at radius 1 is 1.00 bits per heavy atom. The van der Waals surface area contributed by atoms with Gasteiger partial charge in [-0.3, -0.25) is 19.8 Å². The van der Waals surface area contributed by atoms with Crippen molar-refractivity contribution in [1.82, 2.24) is 20.9 Å². The molecule has 5 aliphatic carbocycles. The summed E-state index contributed by atoms with van der Waals surface area (Å²) in [7, 11) is 0. The van der Waals surface area contributed by atoms with Gasteiger partial charge >= 0.3 is 12.1 Å². The van der Waals surface area contributed by atoms with Gasteiger partial charge in [0.15, 0.2) is 0 Å². The average Bonchev–Trinajstić information content (AvgIpc) is 2.96. The monoisotopic (exact) mass is 450 g/mol. The number of aryl methyl sites for hydroxylation is 1. The van der Waals surface area contributed by atoms with Gasteiger partial charge < -0.3 is 10.6 Å². The summed E-state index contributed by atoms with van der Waals surface area (Å²) < 4.78 is 0. The zero-order chi connectivity index (χ0) is 22.8. The molecule has 1 atom stereocenters. The fraction of sp³-hybridized carbons (Fsp3) is 0.600. The van der Waals surface area contributed by atoms with Crippen LogP contribution in [-0.4, -0.2) is 46.4 Å². The van der Waals surface area contributed by atoms with Gasteiger partial charge in [-0.25, -0.2) is 9.59 Å². The number of rotatable bonds is 3. The van der Waals surface area contributed by atoms with Crippen LogP contribution in [0.3, 0.4) is 0 Å². The van der Waals surface area contributed by atoms with Crippen molar-refractivity contribution < 1.29 is 19.2 Å². The lowest BCUT2D eigenvalue weighted by molar-refractivity contribution is -0.135. The predicted octanol–water partition coefficient (Wildman–Crippen LogP) is 2.26. The first-order valence-electron chi connectivity index (χ1n) is 12.2. The molecule has 1 heterocycles. The molecule has 33 heavy (non-hydrogen) atoms. The third-order valence-electron chi connectivity index (χ3n) is 8.65. The van der Waals surface area contributed by atoms with Crippen LogP contribution in [0.5, 0.6) is 0 Å². The minimum absolute atomic E-state index is 0.209. The van der Waals surface area contributed by atoms with Crippen molar-refractivity contribution >= 4 is 23.9 Å². The summed E-state index contributed by atoms with van der Waals surface area (Å²) in [5, 5.41) is 8.29. The van der Waals surface area contributed by atoms with E-state index in [9.17, 15) is 19.2 Å². The number of carbonyl (C=O) groups is 4. The van der Waals surface area contributed by atoms with Gasteiger partial charge in [0.25, 0.3) is 5.91 Å². The molecule has 0 aromatic heterocycles. The molecule has 8 nitrogen and oxygen atoms in total. The average molecular weight is 451 g/mol. The molecular formula is C25H30N4O4. The van der Waals surface area contributed by atoms with Crippen molar-refractivity contribution in [3.63, 3.8) is 0 Å². The highest BCUT2D eigenvalue weighted by molar-refractivity contribution is 6.10. The Balaban J connectivity index is 1.08. The predicted molar refractivity (Wildman–Crippen MR) is 119 cm³/mol. The Morgan fingerprint density at radius 2 is 1.64 bits per heavy atom. The van der Waals surface area contributed by atoms with Crippen LogP contribution < -0.4 is 16.0 Å². The van der Waals surface area contributed by atoms with E-state index in [0.717, 1.165) is 29.7 Å². The number of carbonyl (C=O) groups excluding carboxylic acids is 4. The second-order valence-electron chi connectivity index (χ2n) is 11.0. The third-order valence-corrected chi connectivity index (χ3v) is 8.65. The summed E-state index contributed by atoms with van der Waals surface area (Å²) in [5.74, 6) is 0.993. The maximum absolute atomic E-state index is 13.2. The molecule has 6 amide bonds. The minimum Gasteiger partial charge on any atom is -0.332 e. The van der Waals surface area contributed by atoms with E-state index in [0.29, 0.717) is 37.0 Å². The van der Waals surface area contributed by atoms with Gasteiger partial charge in [-0.05, 0) is 80.2 Å². The van der Waals surface area contributed by atoms with Gasteiger partial charge in [0, 0.05) is 12.0 Å². The first-order chi connectivity index (χ1) is 15.8. The zero-order valence-electron chi connectivity index (χ0n) is 18.7. The first kappa shape index (κ1) is 20.7. The molecule has 1 saturated heterocycles. The largest absolute Gasteiger partial charge is 0.332 e. The van der Waals surface area contributed by atoms with Gasteiger partial charge in [0.05, 0.1) is 0 Å². The second-order valence-corrected chi connectivity index (χ2v) is 11.0. The fourth-order valence-electron chi connectivity index (χ4n) is 7.69. The van der Waals surface area contributed by atoms with E-state index in [1.807, 2.05) is 24.3 Å². The minimum atomic E-state index is -1.01. The molecule has 1 aromatic carbocycles. The lowest BCUT2D eigenvalue weighted by atomic mass is 9.53. The quantitative estimate of drug-likeness (QED) is 0.614. The van der Waals surface area contributed by atoms with Gasteiger partial charge in [-0.15, -0.1) is 0 Å². The zero-order valence-corrected chi connectivity index (χ0v) is 18.7. The highest BCUT2D eigenvalue weighted by Crippen LogP contribution is 2.55. The van der Waals surface area contributed by atoms with Crippen molar-refractivity contribution in [3.05, 3.63) is 35.4 Å². The normalized spacial score (nSPS) is 36.0. The Bertz CT molecular complexity index is 1020. The molecule has 8 heteroatoms. The number of imide groups is 2. The summed E-state index contributed by atoms with van der Waals surface area (Å²) >= 11 is 0. The molecule has 1 aliphatic heterocycles. The number of nitrogens with zero attached hydrogens (tertiary/aromatic N) is 1. The van der Waals surface area contributed by atoms with Crippen LogP contribution in [0.1, 0.15) is 56.1 Å². The number of urea groups is 2. The van der Waals surface area contributed by atoms with Crippen LogP contribution in [0.15, 0.2) is 24.3 Å². The van der Waals surface area contributed by atoms with E-state index >= 15 is 0 Å². The number of hydrogen-bond acceptors (Lipinski definition) is 4. The van der Waals surface area contributed by atoms with E-state index in [4.69, 9.17) is 0 Å². The van der Waals surface area contributed by atoms with Crippen molar-refractivity contribution in [2.75, 3.05) is 6.54 Å². The number of nitrogens with one attached hydrogen (secondary N) is 3. The highest BCUT2D eigenvalue weighted by atomic mass is 16.2. The van der Waals surface area contributed by atoms with E-state index in [1.54, 1.807) is 0 Å². The fourth-order valence-corrected chi connectivity index (χ4v) is 7.69. The maximum Gasteiger partial charge on any atom is 0.325 e. The Hall–Kier alpha value is -2.90. The highest BCUT2D eigenvalue weighted by Gasteiger charge is 2.53. The Morgan fingerprint density at radius 3 is 2.30 bits per heavy atom. The van der Waals surface area contributed by atoms with E-state index in [1.165, 1.54) is 24.8 Å². The van der Waals surface area contributed by atoms with E-state index < -0.39 is 36.0 Å². The van der Waals surface area contributed by atoms with Crippen molar-refractivity contribution in [2.24, 2.45) is 17.8 Å². The number of benzene rings is 1. The maximum atomic E-state index is 13.2. The Kier molecular flexibility index (Phi) is 4.58. The van der Waals surface area contributed by atoms with Crippen LogP contribution in [0.4, 0.5) is 9.59 Å².